The number of carbonyl (C=O) groups excluding carboxylic acids is 2. The molecule has 0 saturated carbocycles. The molecular weight excluding hydrogens is 293 g/mol. The van der Waals surface area contributed by atoms with Gasteiger partial charge in [-0.3, -0.25) is 9.59 Å². The number of Topliss-reactive ketones (excluding diaryl/α,β-unsaturated/α-hetero) is 2. The summed E-state index contributed by atoms with van der Waals surface area (Å²) in [7, 11) is -1.73. The minimum absolute atomic E-state index is 0.0950. The van der Waals surface area contributed by atoms with Gasteiger partial charge in [0.25, 0.3) is 0 Å². The molecule has 0 fully saturated rings. The Bertz CT molecular complexity index is 738. The second-order valence-electron chi connectivity index (χ2n) is 5.03. The number of hydrogen-bond donors (Lipinski definition) is 2. The average molecular weight is 306 g/mol. The van der Waals surface area contributed by atoms with Gasteiger partial charge in [0.2, 0.25) is 5.78 Å². The fourth-order valence-corrected chi connectivity index (χ4v) is 2.20. The molecule has 0 amide bonds. The van der Waals surface area contributed by atoms with Gasteiger partial charge in [-0.05, 0) is 16.2 Å². The minimum Gasteiger partial charge on any atom is -0.423 e. The maximum absolute atomic E-state index is 12.9. The van der Waals surface area contributed by atoms with Crippen molar-refractivity contribution in [3.05, 3.63) is 42.0 Å². The summed E-state index contributed by atoms with van der Waals surface area (Å²) in [6.45, 7) is 0.450. The van der Waals surface area contributed by atoms with Crippen LogP contribution >= 0.6 is 0 Å². The van der Waals surface area contributed by atoms with Crippen molar-refractivity contribution in [3.63, 3.8) is 0 Å². The maximum atomic E-state index is 12.9. The molecule has 22 heavy (non-hydrogen) atoms. The van der Waals surface area contributed by atoms with Crippen LogP contribution in [0.1, 0.15) is 23.7 Å². The van der Waals surface area contributed by atoms with Crippen molar-refractivity contribution in [1.82, 2.24) is 0 Å². The molecular formula is C15H13BF2O4. The van der Waals surface area contributed by atoms with E-state index in [0.717, 1.165) is 0 Å². The van der Waals surface area contributed by atoms with E-state index in [4.69, 9.17) is 0 Å². The van der Waals surface area contributed by atoms with E-state index < -0.39 is 31.0 Å². The zero-order chi connectivity index (χ0) is 16.5. The lowest BCUT2D eigenvalue weighted by atomic mass is 9.76. The summed E-state index contributed by atoms with van der Waals surface area (Å²) < 4.78 is 25.8. The molecule has 2 aromatic carbocycles. The van der Waals surface area contributed by atoms with E-state index in [1.54, 1.807) is 12.1 Å². The largest absolute Gasteiger partial charge is 0.489 e. The summed E-state index contributed by atoms with van der Waals surface area (Å²) in [5.74, 6) is -5.75. The van der Waals surface area contributed by atoms with Gasteiger partial charge < -0.3 is 10.0 Å². The van der Waals surface area contributed by atoms with E-state index in [2.05, 4.69) is 0 Å². The van der Waals surface area contributed by atoms with Gasteiger partial charge in [-0.2, -0.15) is 8.78 Å². The molecule has 114 valence electrons. The Morgan fingerprint density at radius 1 is 1.09 bits per heavy atom. The van der Waals surface area contributed by atoms with Gasteiger partial charge in [-0.25, -0.2) is 0 Å². The van der Waals surface area contributed by atoms with Crippen molar-refractivity contribution in [1.29, 1.82) is 0 Å². The Morgan fingerprint density at radius 2 is 1.68 bits per heavy atom. The molecule has 2 rings (SSSR count). The molecule has 0 radical (unpaired) electrons. The third-order valence-electron chi connectivity index (χ3n) is 3.35. The molecule has 0 aliphatic carbocycles. The van der Waals surface area contributed by atoms with Crippen LogP contribution in [0, 0.1) is 0 Å². The Balaban J connectivity index is 2.46. The quantitative estimate of drug-likeness (QED) is 0.496. The summed E-state index contributed by atoms with van der Waals surface area (Å²) in [5, 5.41) is 19.4. The molecule has 0 heterocycles. The summed E-state index contributed by atoms with van der Waals surface area (Å²) >= 11 is 0. The van der Waals surface area contributed by atoms with Crippen LogP contribution in [0.4, 0.5) is 8.78 Å². The molecule has 0 bridgehead atoms. The van der Waals surface area contributed by atoms with Crippen LogP contribution in [0.25, 0.3) is 10.8 Å². The van der Waals surface area contributed by atoms with E-state index in [-0.39, 0.29) is 11.0 Å². The lowest BCUT2D eigenvalue weighted by Gasteiger charge is -2.11. The van der Waals surface area contributed by atoms with E-state index in [1.165, 1.54) is 24.3 Å². The van der Waals surface area contributed by atoms with Crippen LogP contribution in [-0.4, -0.2) is 34.7 Å². The molecule has 0 atom stereocenters. The van der Waals surface area contributed by atoms with Gasteiger partial charge in [0.15, 0.2) is 5.78 Å². The zero-order valence-electron chi connectivity index (χ0n) is 11.7. The molecule has 2 N–H and O–H groups in total. The average Bonchev–Trinajstić information content (AvgIpc) is 2.44. The molecule has 0 unspecified atom stereocenters. The minimum atomic E-state index is -3.56. The molecule has 0 saturated heterocycles. The van der Waals surface area contributed by atoms with Gasteiger partial charge >= 0.3 is 13.0 Å². The van der Waals surface area contributed by atoms with Crippen LogP contribution in [0.15, 0.2) is 36.4 Å². The van der Waals surface area contributed by atoms with Crippen molar-refractivity contribution in [3.8, 4) is 0 Å². The molecule has 4 nitrogen and oxygen atoms in total. The predicted octanol–water partition coefficient (Wildman–Crippen LogP) is 1.32. The third-order valence-corrected chi connectivity index (χ3v) is 3.35. The second-order valence-corrected chi connectivity index (χ2v) is 5.03. The molecule has 2 aromatic rings. The monoisotopic (exact) mass is 306 g/mol. The number of ketones is 2. The number of hydrogen-bond acceptors (Lipinski definition) is 4. The number of benzene rings is 2. The summed E-state index contributed by atoms with van der Waals surface area (Å²) in [6, 6.07) is 9.05. The zero-order valence-corrected chi connectivity index (χ0v) is 11.7. The first kappa shape index (κ1) is 16.3. The third kappa shape index (κ3) is 3.21. The van der Waals surface area contributed by atoms with Gasteiger partial charge in [-0.1, -0.05) is 36.4 Å². The Kier molecular flexibility index (Phi) is 4.39. The van der Waals surface area contributed by atoms with Crippen molar-refractivity contribution in [2.75, 3.05) is 0 Å². The standard InChI is InChI=1S/C15H13BF2O4/c1-15(17,18)14(20)8-13(19)11-6-2-5-10-9(11)4-3-7-12(10)16(21)22/h2-7,21-22H,8H2,1H3. The van der Waals surface area contributed by atoms with Gasteiger partial charge in [-0.15, -0.1) is 0 Å². The first-order chi connectivity index (χ1) is 10.2. The number of fused-ring (bicyclic) bond motifs is 1. The van der Waals surface area contributed by atoms with Crippen molar-refractivity contribution >= 4 is 34.9 Å². The molecule has 7 heteroatoms. The van der Waals surface area contributed by atoms with Crippen LogP contribution in [-0.2, 0) is 4.79 Å². The van der Waals surface area contributed by atoms with Gasteiger partial charge in [0.05, 0.1) is 6.42 Å². The second kappa shape index (κ2) is 5.94. The highest BCUT2D eigenvalue weighted by Crippen LogP contribution is 2.22. The number of halogens is 2. The lowest BCUT2D eigenvalue weighted by molar-refractivity contribution is -0.139. The Labute approximate surface area is 125 Å². The Hall–Kier alpha value is -2.12. The SMILES string of the molecule is CC(F)(F)C(=O)CC(=O)c1cccc2c(B(O)O)cccc12. The fourth-order valence-electron chi connectivity index (χ4n) is 2.20. The van der Waals surface area contributed by atoms with Crippen LogP contribution < -0.4 is 5.46 Å². The van der Waals surface area contributed by atoms with Crippen LogP contribution in [0.3, 0.4) is 0 Å². The predicted molar refractivity (Wildman–Crippen MR) is 78.3 cm³/mol. The molecule has 0 aliphatic heterocycles. The van der Waals surface area contributed by atoms with Gasteiger partial charge in [0.1, 0.15) is 0 Å². The molecule has 0 aliphatic rings. The number of alkyl halides is 2. The summed E-state index contributed by atoms with van der Waals surface area (Å²) in [6.07, 6.45) is -0.908. The smallest absolute Gasteiger partial charge is 0.423 e. The first-order valence-corrected chi connectivity index (χ1v) is 6.54. The highest BCUT2D eigenvalue weighted by Gasteiger charge is 2.33. The number of rotatable bonds is 5. The maximum Gasteiger partial charge on any atom is 0.489 e. The molecule has 0 aromatic heterocycles. The topological polar surface area (TPSA) is 74.6 Å². The summed E-state index contributed by atoms with van der Waals surface area (Å²) in [5.41, 5.74) is 0.289. The Morgan fingerprint density at radius 3 is 2.27 bits per heavy atom. The fraction of sp³-hybridized carbons (Fsp3) is 0.200. The van der Waals surface area contributed by atoms with Crippen molar-refractivity contribution in [2.24, 2.45) is 0 Å². The van der Waals surface area contributed by atoms with Gasteiger partial charge in [0, 0.05) is 12.5 Å². The normalized spacial score (nSPS) is 11.5. The van der Waals surface area contributed by atoms with E-state index in [1.807, 2.05) is 0 Å². The van der Waals surface area contributed by atoms with E-state index in [9.17, 15) is 28.4 Å². The van der Waals surface area contributed by atoms with E-state index >= 15 is 0 Å². The molecule has 0 spiro atoms. The highest BCUT2D eigenvalue weighted by atomic mass is 19.3. The first-order valence-electron chi connectivity index (χ1n) is 6.54. The van der Waals surface area contributed by atoms with E-state index in [0.29, 0.717) is 17.7 Å². The highest BCUT2D eigenvalue weighted by molar-refractivity contribution is 6.62. The van der Waals surface area contributed by atoms with Crippen LogP contribution in [0.5, 0.6) is 0 Å². The lowest BCUT2D eigenvalue weighted by Crippen LogP contribution is -2.30. The van der Waals surface area contributed by atoms with Crippen molar-refractivity contribution < 1.29 is 28.4 Å². The summed E-state index contributed by atoms with van der Waals surface area (Å²) in [4.78, 5) is 23.4. The van der Waals surface area contributed by atoms with Crippen molar-refractivity contribution in [2.45, 2.75) is 19.3 Å². The van der Waals surface area contributed by atoms with Crippen LogP contribution in [0.2, 0.25) is 0 Å². The number of carbonyl (C=O) groups is 2.